The van der Waals surface area contributed by atoms with Gasteiger partial charge in [0.1, 0.15) is 0 Å². The van der Waals surface area contributed by atoms with E-state index in [4.69, 9.17) is 4.74 Å². The number of thioether (sulfide) groups is 1. The Morgan fingerprint density at radius 2 is 2.26 bits per heavy atom. The van der Waals surface area contributed by atoms with E-state index in [1.165, 1.54) is 0 Å². The summed E-state index contributed by atoms with van der Waals surface area (Å²) in [5.74, 6) is 0.587. The minimum absolute atomic E-state index is 0.0740. The molecule has 2 aliphatic heterocycles. The van der Waals surface area contributed by atoms with Gasteiger partial charge in [-0.15, -0.1) is 16.9 Å². The molecule has 1 fully saturated rings. The first-order chi connectivity index (χ1) is 11.3. The quantitative estimate of drug-likeness (QED) is 0.785. The number of pyridine rings is 1. The Balaban J connectivity index is 1.40. The second-order valence-corrected chi connectivity index (χ2v) is 6.74. The monoisotopic (exact) mass is 331 g/mol. The average molecular weight is 331 g/mol. The lowest BCUT2D eigenvalue weighted by Crippen LogP contribution is -2.50. The second-order valence-electron chi connectivity index (χ2n) is 5.69. The zero-order chi connectivity index (χ0) is 15.6. The SMILES string of the molecule is O=C(CSc1ccncc1)N1CC[C@@H]2OCc3cnnn3[C@H]2C1. The number of fused-ring (bicyclic) bond motifs is 3. The van der Waals surface area contributed by atoms with Crippen molar-refractivity contribution in [2.75, 3.05) is 18.8 Å². The van der Waals surface area contributed by atoms with Crippen molar-refractivity contribution in [3.63, 3.8) is 0 Å². The minimum Gasteiger partial charge on any atom is -0.370 e. The van der Waals surface area contributed by atoms with E-state index in [2.05, 4.69) is 15.3 Å². The predicted octanol–water partition coefficient (Wildman–Crippen LogP) is 1.14. The lowest BCUT2D eigenvalue weighted by Gasteiger charge is -2.41. The maximum atomic E-state index is 12.5. The van der Waals surface area contributed by atoms with Crippen molar-refractivity contribution < 1.29 is 9.53 Å². The Labute approximate surface area is 138 Å². The van der Waals surface area contributed by atoms with Crippen LogP contribution in [0.15, 0.2) is 35.6 Å². The molecule has 0 N–H and O–H groups in total. The maximum absolute atomic E-state index is 12.5. The van der Waals surface area contributed by atoms with Gasteiger partial charge >= 0.3 is 0 Å². The highest BCUT2D eigenvalue weighted by atomic mass is 32.2. The highest BCUT2D eigenvalue weighted by Gasteiger charge is 2.37. The number of hydrogen-bond acceptors (Lipinski definition) is 6. The van der Waals surface area contributed by atoms with Crippen molar-refractivity contribution in [2.24, 2.45) is 0 Å². The maximum Gasteiger partial charge on any atom is 0.233 e. The molecule has 2 atom stereocenters. The molecule has 0 aliphatic carbocycles. The van der Waals surface area contributed by atoms with Gasteiger partial charge in [0.15, 0.2) is 0 Å². The Bertz CT molecular complexity index is 692. The Morgan fingerprint density at radius 3 is 3.13 bits per heavy atom. The number of rotatable bonds is 3. The Kier molecular flexibility index (Phi) is 4.00. The standard InChI is InChI=1S/C15H17N5O2S/c21-15(10-23-12-1-4-16-5-2-12)19-6-3-14-13(8-19)20-11(9-22-14)7-17-18-20/h1-2,4-5,7,13-14H,3,6,8-10H2/t13-,14-/m0/s1. The van der Waals surface area contributed by atoms with Crippen LogP contribution in [0.25, 0.3) is 0 Å². The molecule has 0 aromatic carbocycles. The van der Waals surface area contributed by atoms with Gasteiger partial charge in [-0.25, -0.2) is 4.68 Å². The van der Waals surface area contributed by atoms with E-state index < -0.39 is 0 Å². The number of nitrogens with zero attached hydrogens (tertiary/aromatic N) is 5. The average Bonchev–Trinajstić information content (AvgIpc) is 3.09. The van der Waals surface area contributed by atoms with E-state index in [1.807, 2.05) is 21.7 Å². The minimum atomic E-state index is 0.0740. The summed E-state index contributed by atoms with van der Waals surface area (Å²) in [6.45, 7) is 1.93. The molecule has 8 heteroatoms. The van der Waals surface area contributed by atoms with Crippen LogP contribution in [0.3, 0.4) is 0 Å². The molecule has 23 heavy (non-hydrogen) atoms. The predicted molar refractivity (Wildman–Crippen MR) is 83.8 cm³/mol. The van der Waals surface area contributed by atoms with E-state index in [0.717, 1.165) is 23.6 Å². The van der Waals surface area contributed by atoms with Crippen molar-refractivity contribution >= 4 is 17.7 Å². The topological polar surface area (TPSA) is 73.1 Å². The molecule has 0 bridgehead atoms. The third-order valence-corrected chi connectivity index (χ3v) is 5.29. The van der Waals surface area contributed by atoms with Gasteiger partial charge in [-0.05, 0) is 18.6 Å². The third kappa shape index (κ3) is 2.96. The number of amides is 1. The van der Waals surface area contributed by atoms with Crippen LogP contribution in [0.1, 0.15) is 18.2 Å². The first-order valence-corrected chi connectivity index (χ1v) is 8.61. The summed E-state index contributed by atoms with van der Waals surface area (Å²) in [6, 6.07) is 3.91. The summed E-state index contributed by atoms with van der Waals surface area (Å²) in [5.41, 5.74) is 0.978. The van der Waals surface area contributed by atoms with Gasteiger partial charge in [-0.2, -0.15) is 0 Å². The van der Waals surface area contributed by atoms with Crippen molar-refractivity contribution in [3.8, 4) is 0 Å². The zero-order valence-electron chi connectivity index (χ0n) is 12.5. The smallest absolute Gasteiger partial charge is 0.233 e. The van der Waals surface area contributed by atoms with E-state index in [9.17, 15) is 4.79 Å². The van der Waals surface area contributed by atoms with Crippen molar-refractivity contribution in [1.29, 1.82) is 0 Å². The van der Waals surface area contributed by atoms with E-state index in [1.54, 1.807) is 30.4 Å². The lowest BCUT2D eigenvalue weighted by atomic mass is 10.0. The molecule has 0 unspecified atom stereocenters. The molecule has 0 radical (unpaired) electrons. The van der Waals surface area contributed by atoms with Crippen LogP contribution >= 0.6 is 11.8 Å². The number of ether oxygens (including phenoxy) is 1. The first kappa shape index (κ1) is 14.6. The largest absolute Gasteiger partial charge is 0.370 e. The molecule has 0 spiro atoms. The molecule has 4 rings (SSSR count). The van der Waals surface area contributed by atoms with E-state index in [-0.39, 0.29) is 18.1 Å². The Hall–Kier alpha value is -1.93. The Morgan fingerprint density at radius 1 is 1.39 bits per heavy atom. The number of piperidine rings is 1. The van der Waals surface area contributed by atoms with Gasteiger partial charge in [0.25, 0.3) is 0 Å². The van der Waals surface area contributed by atoms with E-state index >= 15 is 0 Å². The first-order valence-electron chi connectivity index (χ1n) is 7.62. The van der Waals surface area contributed by atoms with Crippen LogP contribution in [0, 0.1) is 0 Å². The summed E-state index contributed by atoms with van der Waals surface area (Å²) in [4.78, 5) is 19.5. The van der Waals surface area contributed by atoms with Crippen LogP contribution in [0.4, 0.5) is 0 Å². The molecule has 1 saturated heterocycles. The number of hydrogen-bond donors (Lipinski definition) is 0. The molecule has 2 aromatic rings. The highest BCUT2D eigenvalue weighted by Crippen LogP contribution is 2.30. The van der Waals surface area contributed by atoms with Crippen LogP contribution < -0.4 is 0 Å². The summed E-state index contributed by atoms with van der Waals surface area (Å²) >= 11 is 1.54. The van der Waals surface area contributed by atoms with Gasteiger partial charge in [0.05, 0.1) is 36.4 Å². The molecule has 120 valence electrons. The summed E-state index contributed by atoms with van der Waals surface area (Å²) in [6.07, 6.45) is 6.18. The zero-order valence-corrected chi connectivity index (χ0v) is 13.4. The van der Waals surface area contributed by atoms with Gasteiger partial charge in [0.2, 0.25) is 5.91 Å². The van der Waals surface area contributed by atoms with Crippen LogP contribution in [-0.4, -0.2) is 55.7 Å². The van der Waals surface area contributed by atoms with Crippen LogP contribution in [0.2, 0.25) is 0 Å². The fraction of sp³-hybridized carbons (Fsp3) is 0.467. The van der Waals surface area contributed by atoms with E-state index in [0.29, 0.717) is 18.9 Å². The highest BCUT2D eigenvalue weighted by molar-refractivity contribution is 8.00. The lowest BCUT2D eigenvalue weighted by molar-refractivity contribution is -0.135. The van der Waals surface area contributed by atoms with Crippen molar-refractivity contribution in [1.82, 2.24) is 24.9 Å². The van der Waals surface area contributed by atoms with Crippen LogP contribution in [0.5, 0.6) is 0 Å². The van der Waals surface area contributed by atoms with Gasteiger partial charge in [-0.3, -0.25) is 9.78 Å². The number of carbonyl (C=O) groups excluding carboxylic acids is 1. The fourth-order valence-electron chi connectivity index (χ4n) is 3.08. The fourth-order valence-corrected chi connectivity index (χ4v) is 3.86. The molecule has 0 saturated carbocycles. The summed E-state index contributed by atoms with van der Waals surface area (Å²) in [7, 11) is 0. The molecular weight excluding hydrogens is 314 g/mol. The molecule has 1 amide bonds. The number of aromatic nitrogens is 4. The normalized spacial score (nSPS) is 23.2. The van der Waals surface area contributed by atoms with Crippen molar-refractivity contribution in [3.05, 3.63) is 36.4 Å². The number of carbonyl (C=O) groups is 1. The number of likely N-dealkylation sites (tertiary alicyclic amines) is 1. The summed E-state index contributed by atoms with van der Waals surface area (Å²) in [5, 5.41) is 8.13. The molecule has 2 aliphatic rings. The molecular formula is C15H17N5O2S. The van der Waals surface area contributed by atoms with Gasteiger partial charge < -0.3 is 9.64 Å². The molecule has 2 aromatic heterocycles. The van der Waals surface area contributed by atoms with Gasteiger partial charge in [-0.1, -0.05) is 5.21 Å². The van der Waals surface area contributed by atoms with Gasteiger partial charge in [0, 0.05) is 30.4 Å². The molecule has 7 nitrogen and oxygen atoms in total. The third-order valence-electron chi connectivity index (χ3n) is 4.29. The van der Waals surface area contributed by atoms with Crippen molar-refractivity contribution in [2.45, 2.75) is 30.1 Å². The molecule has 4 heterocycles. The van der Waals surface area contributed by atoms with Crippen LogP contribution in [-0.2, 0) is 16.1 Å². The second kappa shape index (κ2) is 6.29. The summed E-state index contributed by atoms with van der Waals surface area (Å²) < 4.78 is 7.79.